The Morgan fingerprint density at radius 3 is 2.62 bits per heavy atom. The minimum atomic E-state index is -0.280. The van der Waals surface area contributed by atoms with E-state index in [9.17, 15) is 4.79 Å². The van der Waals surface area contributed by atoms with Crippen molar-refractivity contribution in [1.29, 1.82) is 0 Å². The van der Waals surface area contributed by atoms with Crippen LogP contribution < -0.4 is 20.1 Å². The number of hydrogen-bond acceptors (Lipinski definition) is 5. The Morgan fingerprint density at radius 2 is 1.93 bits per heavy atom. The lowest BCUT2D eigenvalue weighted by Gasteiger charge is -2.36. The molecular weight excluding hydrogens is 384 g/mol. The smallest absolute Gasteiger partial charge is 0.256 e. The van der Waals surface area contributed by atoms with Gasteiger partial charge < -0.3 is 20.1 Å². The predicted octanol–water partition coefficient (Wildman–Crippen LogP) is 5.16. The van der Waals surface area contributed by atoms with Gasteiger partial charge in [0.15, 0.2) is 11.5 Å². The lowest BCUT2D eigenvalue weighted by Crippen LogP contribution is -2.38. The van der Waals surface area contributed by atoms with E-state index in [0.29, 0.717) is 22.8 Å². The van der Waals surface area contributed by atoms with Crippen molar-refractivity contribution in [2.45, 2.75) is 52.6 Å². The van der Waals surface area contributed by atoms with Crippen LogP contribution in [0.25, 0.3) is 0 Å². The van der Waals surface area contributed by atoms with Crippen molar-refractivity contribution in [2.24, 2.45) is 11.3 Å². The number of fused-ring (bicyclic) bond motifs is 3. The third-order valence-electron chi connectivity index (χ3n) is 6.80. The number of methoxy groups -OCH3 is 2. The molecule has 0 radical (unpaired) electrons. The number of thiophene rings is 1. The van der Waals surface area contributed by atoms with Gasteiger partial charge in [0.1, 0.15) is 11.2 Å². The minimum Gasteiger partial charge on any atom is -0.493 e. The summed E-state index contributed by atoms with van der Waals surface area (Å²) in [6, 6.07) is 5.74. The summed E-state index contributed by atoms with van der Waals surface area (Å²) in [5.74, 6) is 2.02. The third kappa shape index (κ3) is 3.48. The van der Waals surface area contributed by atoms with Gasteiger partial charge in [-0.05, 0) is 53.9 Å². The van der Waals surface area contributed by atoms with Crippen LogP contribution in [0.4, 0.5) is 5.00 Å². The molecule has 1 aromatic heterocycles. The van der Waals surface area contributed by atoms with Gasteiger partial charge in [-0.3, -0.25) is 4.79 Å². The maximum Gasteiger partial charge on any atom is 0.256 e. The molecular formula is C23H30N2O3S. The molecule has 0 fully saturated rings. The fourth-order valence-electron chi connectivity index (χ4n) is 4.45. The Morgan fingerprint density at radius 1 is 1.17 bits per heavy atom. The van der Waals surface area contributed by atoms with E-state index in [1.54, 1.807) is 25.6 Å². The number of rotatable bonds is 5. The molecule has 5 nitrogen and oxygen atoms in total. The molecule has 1 aliphatic heterocycles. The van der Waals surface area contributed by atoms with Crippen LogP contribution >= 0.6 is 11.3 Å². The average molecular weight is 415 g/mol. The zero-order valence-electron chi connectivity index (χ0n) is 17.8. The minimum absolute atomic E-state index is 0.0178. The van der Waals surface area contributed by atoms with E-state index in [-0.39, 0.29) is 12.1 Å². The number of benzene rings is 1. The molecule has 0 spiro atoms. The Labute approximate surface area is 176 Å². The number of hydrogen-bond donors (Lipinski definition) is 2. The molecule has 0 saturated carbocycles. The van der Waals surface area contributed by atoms with Crippen LogP contribution in [0.15, 0.2) is 18.2 Å². The molecule has 1 aromatic carbocycles. The van der Waals surface area contributed by atoms with Crippen molar-refractivity contribution >= 4 is 22.2 Å². The fraction of sp³-hybridized carbons (Fsp3) is 0.522. The van der Waals surface area contributed by atoms with Gasteiger partial charge in [0.2, 0.25) is 0 Å². The van der Waals surface area contributed by atoms with Gasteiger partial charge in [-0.15, -0.1) is 11.3 Å². The van der Waals surface area contributed by atoms with Crippen molar-refractivity contribution in [3.63, 3.8) is 0 Å². The largest absolute Gasteiger partial charge is 0.493 e. The van der Waals surface area contributed by atoms with Crippen LogP contribution in [0.5, 0.6) is 11.5 Å². The van der Waals surface area contributed by atoms with E-state index in [1.807, 2.05) is 18.2 Å². The Hall–Kier alpha value is -2.21. The van der Waals surface area contributed by atoms with E-state index in [4.69, 9.17) is 9.47 Å². The molecule has 1 amide bonds. The van der Waals surface area contributed by atoms with Gasteiger partial charge in [0.25, 0.3) is 5.91 Å². The summed E-state index contributed by atoms with van der Waals surface area (Å²) >= 11 is 1.76. The number of carbonyl (C=O) groups excluding carboxylic acids is 1. The first-order valence-corrected chi connectivity index (χ1v) is 11.1. The summed E-state index contributed by atoms with van der Waals surface area (Å²) < 4.78 is 10.7. The molecule has 156 valence electrons. The van der Waals surface area contributed by atoms with Crippen molar-refractivity contribution in [3.8, 4) is 11.5 Å². The van der Waals surface area contributed by atoms with Crippen LogP contribution in [0.3, 0.4) is 0 Å². The van der Waals surface area contributed by atoms with E-state index < -0.39 is 0 Å². The first kappa shape index (κ1) is 20.1. The second kappa shape index (κ2) is 7.56. The summed E-state index contributed by atoms with van der Waals surface area (Å²) in [5, 5.41) is 7.67. The van der Waals surface area contributed by atoms with Crippen molar-refractivity contribution < 1.29 is 14.3 Å². The van der Waals surface area contributed by atoms with E-state index in [2.05, 4.69) is 31.4 Å². The summed E-state index contributed by atoms with van der Waals surface area (Å²) in [5.41, 5.74) is 3.39. The van der Waals surface area contributed by atoms with Gasteiger partial charge in [0.05, 0.1) is 19.8 Å². The highest BCUT2D eigenvalue weighted by Crippen LogP contribution is 2.47. The molecule has 1 aliphatic carbocycles. The molecule has 2 N–H and O–H groups in total. The zero-order chi connectivity index (χ0) is 20.8. The summed E-state index contributed by atoms with van der Waals surface area (Å²) in [6.07, 6.45) is 4.12. The zero-order valence-corrected chi connectivity index (χ0v) is 18.7. The Bertz CT molecular complexity index is 934. The molecule has 2 heterocycles. The molecule has 2 aromatic rings. The van der Waals surface area contributed by atoms with Gasteiger partial charge >= 0.3 is 0 Å². The SMILES string of the molecule is CCC(C)(C)[C@H]1CCc2c(sc3c2C(=O)N[C@H](c2ccc(OC)c(OC)c2)N3)C1. The normalized spacial score (nSPS) is 20.9. The monoisotopic (exact) mass is 414 g/mol. The lowest BCUT2D eigenvalue weighted by molar-refractivity contribution is 0.0934. The number of ether oxygens (including phenoxy) is 2. The van der Waals surface area contributed by atoms with Crippen LogP contribution in [-0.4, -0.2) is 20.1 Å². The predicted molar refractivity (Wildman–Crippen MR) is 117 cm³/mol. The van der Waals surface area contributed by atoms with Crippen molar-refractivity contribution in [2.75, 3.05) is 19.5 Å². The second-order valence-electron chi connectivity index (χ2n) is 8.66. The standard InChI is InChI=1S/C23H30N2O3S/c1-6-23(2,3)14-8-9-15-18(12-14)29-22-19(15)21(26)24-20(25-22)13-7-10-16(27-4)17(11-13)28-5/h7,10-11,14,20,25H,6,8-9,12H2,1-5H3,(H,24,26)/t14-,20-/m0/s1. The highest BCUT2D eigenvalue weighted by atomic mass is 32.1. The van der Waals surface area contributed by atoms with Crippen molar-refractivity contribution in [1.82, 2.24) is 5.32 Å². The number of anilines is 1. The number of amides is 1. The first-order chi connectivity index (χ1) is 13.9. The summed E-state index contributed by atoms with van der Waals surface area (Å²) in [7, 11) is 3.24. The average Bonchev–Trinajstić information content (AvgIpc) is 3.11. The number of nitrogens with one attached hydrogen (secondary N) is 2. The summed E-state index contributed by atoms with van der Waals surface area (Å²) in [4.78, 5) is 14.4. The van der Waals surface area contributed by atoms with Crippen molar-refractivity contribution in [3.05, 3.63) is 39.8 Å². The maximum atomic E-state index is 13.0. The molecule has 2 atom stereocenters. The molecule has 2 aliphatic rings. The van der Waals surface area contributed by atoms with Gasteiger partial charge in [-0.25, -0.2) is 0 Å². The Balaban J connectivity index is 1.62. The second-order valence-corrected chi connectivity index (χ2v) is 9.76. The van der Waals surface area contributed by atoms with E-state index >= 15 is 0 Å². The maximum absolute atomic E-state index is 13.0. The van der Waals surface area contributed by atoms with Gasteiger partial charge in [-0.1, -0.05) is 33.3 Å². The van der Waals surface area contributed by atoms with Gasteiger partial charge in [0, 0.05) is 4.88 Å². The molecule has 4 rings (SSSR count). The van der Waals surface area contributed by atoms with E-state index in [0.717, 1.165) is 35.4 Å². The highest BCUT2D eigenvalue weighted by molar-refractivity contribution is 7.16. The van der Waals surface area contributed by atoms with Crippen LogP contribution in [0.2, 0.25) is 0 Å². The highest BCUT2D eigenvalue weighted by Gasteiger charge is 2.37. The Kier molecular flexibility index (Phi) is 5.23. The quantitative estimate of drug-likeness (QED) is 0.709. The molecule has 0 unspecified atom stereocenters. The third-order valence-corrected chi connectivity index (χ3v) is 7.99. The molecule has 0 bridgehead atoms. The molecule has 0 saturated heterocycles. The van der Waals surface area contributed by atoms with Crippen LogP contribution in [0, 0.1) is 11.3 Å². The van der Waals surface area contributed by atoms with Gasteiger partial charge in [-0.2, -0.15) is 0 Å². The first-order valence-electron chi connectivity index (χ1n) is 10.3. The summed E-state index contributed by atoms with van der Waals surface area (Å²) in [6.45, 7) is 7.01. The van der Waals surface area contributed by atoms with E-state index in [1.165, 1.54) is 16.9 Å². The topological polar surface area (TPSA) is 59.6 Å². The number of carbonyl (C=O) groups is 1. The lowest BCUT2D eigenvalue weighted by atomic mass is 9.69. The molecule has 29 heavy (non-hydrogen) atoms. The van der Waals surface area contributed by atoms with Crippen LogP contribution in [-0.2, 0) is 12.8 Å². The fourth-order valence-corrected chi connectivity index (χ4v) is 5.81. The van der Waals surface area contributed by atoms with Crippen LogP contribution in [0.1, 0.15) is 66.1 Å². The molecule has 6 heteroatoms.